The van der Waals surface area contributed by atoms with Gasteiger partial charge in [0.15, 0.2) is 0 Å². The summed E-state index contributed by atoms with van der Waals surface area (Å²) in [4.78, 5) is 12.0. The second-order valence-electron chi connectivity index (χ2n) is 4.70. The van der Waals surface area contributed by atoms with Gasteiger partial charge in [0.05, 0.1) is 4.90 Å². The molecular weight excluding hydrogens is 402 g/mol. The number of hydrogen-bond donors (Lipinski definition) is 2. The average Bonchev–Trinajstić information content (AvgIpc) is 2.97. The maximum Gasteiger partial charge on any atom is 0.277 e. The van der Waals surface area contributed by atoms with Gasteiger partial charge in [-0.2, -0.15) is 4.31 Å². The predicted octanol–water partition coefficient (Wildman–Crippen LogP) is 0.855. The van der Waals surface area contributed by atoms with Crippen molar-refractivity contribution in [2.45, 2.75) is 11.8 Å². The fourth-order valence-electron chi connectivity index (χ4n) is 1.93. The highest BCUT2D eigenvalue weighted by Crippen LogP contribution is 2.18. The monoisotopic (exact) mass is 417 g/mol. The Morgan fingerprint density at radius 2 is 2.00 bits per heavy atom. The van der Waals surface area contributed by atoms with Crippen molar-refractivity contribution in [3.05, 3.63) is 34.4 Å². The molecule has 0 saturated heterocycles. The predicted molar refractivity (Wildman–Crippen MR) is 89.6 cm³/mol. The third-order valence-corrected chi connectivity index (χ3v) is 5.70. The van der Waals surface area contributed by atoms with E-state index in [1.807, 2.05) is 0 Å². The van der Waals surface area contributed by atoms with Gasteiger partial charge in [-0.05, 0) is 34.6 Å². The fourth-order valence-corrected chi connectivity index (χ4v) is 3.65. The largest absolute Gasteiger partial charge is 0.379 e. The highest BCUT2D eigenvalue weighted by atomic mass is 79.9. The molecule has 0 bridgehead atoms. The molecule has 1 amide bonds. The van der Waals surface area contributed by atoms with Gasteiger partial charge in [-0.25, -0.2) is 13.0 Å². The first-order valence-corrected chi connectivity index (χ1v) is 9.21. The minimum Gasteiger partial charge on any atom is -0.379 e. The van der Waals surface area contributed by atoms with Crippen molar-refractivity contribution in [1.82, 2.24) is 19.9 Å². The Labute approximate surface area is 147 Å². The zero-order valence-corrected chi connectivity index (χ0v) is 15.2. The average molecular weight is 418 g/mol. The zero-order valence-electron chi connectivity index (χ0n) is 12.8. The Bertz CT molecular complexity index is 806. The quantitative estimate of drug-likeness (QED) is 0.682. The normalized spacial score (nSPS) is 11.6. The third kappa shape index (κ3) is 4.10. The molecule has 0 spiro atoms. The summed E-state index contributed by atoms with van der Waals surface area (Å²) in [5, 5.41) is 9.21. The number of amides is 1. The lowest BCUT2D eigenvalue weighted by atomic mass is 10.4. The number of nitrogens with zero attached hydrogens (tertiary/aromatic N) is 3. The Hall–Kier alpha value is -1.98. The molecule has 11 heteroatoms. The first-order chi connectivity index (χ1) is 11.4. The van der Waals surface area contributed by atoms with Crippen LogP contribution in [0.5, 0.6) is 0 Å². The summed E-state index contributed by atoms with van der Waals surface area (Å²) >= 11 is 3.26. The Morgan fingerprint density at radius 1 is 1.33 bits per heavy atom. The van der Waals surface area contributed by atoms with Crippen molar-refractivity contribution in [2.24, 2.45) is 0 Å². The summed E-state index contributed by atoms with van der Waals surface area (Å²) < 4.78 is 31.5. The fraction of sp³-hybridized carbons (Fsp3) is 0.308. The van der Waals surface area contributed by atoms with E-state index >= 15 is 0 Å². The van der Waals surface area contributed by atoms with E-state index in [1.54, 1.807) is 19.1 Å². The van der Waals surface area contributed by atoms with Crippen LogP contribution in [0, 0.1) is 0 Å². The third-order valence-electron chi connectivity index (χ3n) is 3.18. The lowest BCUT2D eigenvalue weighted by Crippen LogP contribution is -2.38. The van der Waals surface area contributed by atoms with Gasteiger partial charge >= 0.3 is 0 Å². The van der Waals surface area contributed by atoms with Crippen LogP contribution in [0.3, 0.4) is 0 Å². The molecule has 0 aliphatic carbocycles. The van der Waals surface area contributed by atoms with Crippen LogP contribution in [0.15, 0.2) is 38.3 Å². The van der Waals surface area contributed by atoms with Gasteiger partial charge in [0.25, 0.3) is 5.91 Å². The summed E-state index contributed by atoms with van der Waals surface area (Å²) in [7, 11) is -3.64. The lowest BCUT2D eigenvalue weighted by molar-refractivity contribution is 0.0942. The number of carbonyl (C=O) groups is 1. The van der Waals surface area contributed by atoms with Crippen molar-refractivity contribution in [1.29, 1.82) is 0 Å². The van der Waals surface area contributed by atoms with E-state index in [9.17, 15) is 13.2 Å². The van der Waals surface area contributed by atoms with Gasteiger partial charge in [0, 0.05) is 24.1 Å². The van der Waals surface area contributed by atoms with Crippen molar-refractivity contribution >= 4 is 37.7 Å². The van der Waals surface area contributed by atoms with Gasteiger partial charge in [0.2, 0.25) is 21.5 Å². The first-order valence-electron chi connectivity index (χ1n) is 6.98. The lowest BCUT2D eigenvalue weighted by Gasteiger charge is -2.20. The maximum atomic E-state index is 12.6. The molecule has 0 aliphatic heterocycles. The van der Waals surface area contributed by atoms with E-state index in [0.29, 0.717) is 0 Å². The number of hydrogen-bond acceptors (Lipinski definition) is 7. The second-order valence-corrected chi connectivity index (χ2v) is 7.56. The summed E-state index contributed by atoms with van der Waals surface area (Å²) in [5.74, 6) is -0.701. The molecule has 0 unspecified atom stereocenters. The van der Waals surface area contributed by atoms with E-state index in [2.05, 4.69) is 36.2 Å². The van der Waals surface area contributed by atoms with Crippen LogP contribution in [0.4, 0.5) is 5.82 Å². The van der Waals surface area contributed by atoms with Crippen molar-refractivity contribution in [2.75, 3.05) is 25.4 Å². The number of carbonyl (C=O) groups excluding carboxylic acids is 1. The molecule has 0 radical (unpaired) electrons. The number of nitrogen functional groups attached to an aromatic ring is 1. The summed E-state index contributed by atoms with van der Waals surface area (Å²) in [5.41, 5.74) is 5.29. The van der Waals surface area contributed by atoms with E-state index in [4.69, 9.17) is 5.73 Å². The minimum absolute atomic E-state index is 0.0920. The molecule has 0 aliphatic rings. The van der Waals surface area contributed by atoms with Gasteiger partial charge in [-0.3, -0.25) is 4.79 Å². The van der Waals surface area contributed by atoms with Crippen LogP contribution in [-0.2, 0) is 10.0 Å². The molecule has 3 N–H and O–H groups in total. The highest BCUT2D eigenvalue weighted by Gasteiger charge is 2.23. The van der Waals surface area contributed by atoms with Gasteiger partial charge in [-0.1, -0.05) is 22.9 Å². The summed E-state index contributed by atoms with van der Waals surface area (Å²) in [6.07, 6.45) is 0. The van der Waals surface area contributed by atoms with Crippen LogP contribution in [-0.4, -0.2) is 48.6 Å². The molecule has 1 heterocycles. The van der Waals surface area contributed by atoms with Gasteiger partial charge in [0.1, 0.15) is 0 Å². The molecule has 0 fully saturated rings. The molecule has 0 atom stereocenters. The van der Waals surface area contributed by atoms with Crippen LogP contribution in [0.2, 0.25) is 0 Å². The number of nitrogens with one attached hydrogen (secondary N) is 1. The number of halogens is 1. The van der Waals surface area contributed by atoms with E-state index in [0.717, 1.165) is 4.47 Å². The van der Waals surface area contributed by atoms with E-state index in [-0.39, 0.29) is 36.0 Å². The maximum absolute atomic E-state index is 12.6. The van der Waals surface area contributed by atoms with Crippen LogP contribution in [0.25, 0.3) is 0 Å². The van der Waals surface area contributed by atoms with Crippen LogP contribution < -0.4 is 11.1 Å². The number of likely N-dealkylation sites (N-methyl/N-ethyl adjacent to an activating group) is 1. The molecule has 1 aromatic heterocycles. The molecule has 1 aromatic carbocycles. The molecular formula is C13H16BrN5O4S. The smallest absolute Gasteiger partial charge is 0.277 e. The topological polar surface area (TPSA) is 131 Å². The first kappa shape index (κ1) is 18.4. The van der Waals surface area contributed by atoms with Crippen molar-refractivity contribution < 1.29 is 17.8 Å². The van der Waals surface area contributed by atoms with Gasteiger partial charge in [-0.15, -0.1) is 0 Å². The van der Waals surface area contributed by atoms with E-state index < -0.39 is 15.9 Å². The van der Waals surface area contributed by atoms with Crippen molar-refractivity contribution in [3.63, 3.8) is 0 Å². The summed E-state index contributed by atoms with van der Waals surface area (Å²) in [6, 6.07) is 6.34. The molecule has 2 aromatic rings. The Kier molecular flexibility index (Phi) is 5.91. The molecule has 2 rings (SSSR count). The summed E-state index contributed by atoms with van der Waals surface area (Å²) in [6.45, 7) is 2.18. The number of anilines is 1. The second kappa shape index (κ2) is 7.73. The molecule has 24 heavy (non-hydrogen) atoms. The zero-order chi connectivity index (χ0) is 17.7. The van der Waals surface area contributed by atoms with E-state index in [1.165, 1.54) is 16.4 Å². The number of rotatable bonds is 7. The minimum atomic E-state index is -3.64. The van der Waals surface area contributed by atoms with Crippen LogP contribution >= 0.6 is 15.9 Å². The number of benzene rings is 1. The SMILES string of the molecule is CCN(CCNC(=O)c1nonc1N)S(=O)(=O)c1ccc(Br)cc1. The Balaban J connectivity index is 2.00. The molecule has 130 valence electrons. The van der Waals surface area contributed by atoms with Gasteiger partial charge < -0.3 is 11.1 Å². The number of nitrogens with two attached hydrogens (primary N) is 1. The standard InChI is InChI=1S/C13H16BrN5O4S/c1-2-19(24(21,22)10-5-3-9(14)4-6-10)8-7-16-13(20)11-12(15)18-23-17-11/h3-6H,2,7-8H2,1H3,(H2,15,18)(H,16,20). The Morgan fingerprint density at radius 3 is 2.54 bits per heavy atom. The number of sulfonamides is 1. The molecule has 0 saturated carbocycles. The number of aromatic nitrogens is 2. The highest BCUT2D eigenvalue weighted by molar-refractivity contribution is 9.10. The molecule has 9 nitrogen and oxygen atoms in total. The van der Waals surface area contributed by atoms with Crippen LogP contribution in [0.1, 0.15) is 17.4 Å². The van der Waals surface area contributed by atoms with Crippen molar-refractivity contribution in [3.8, 4) is 0 Å².